The van der Waals surface area contributed by atoms with Crippen LogP contribution in [-0.2, 0) is 0 Å². The van der Waals surface area contributed by atoms with Gasteiger partial charge < -0.3 is 10.4 Å². The summed E-state index contributed by atoms with van der Waals surface area (Å²) in [5.41, 5.74) is 3.31. The number of carbonyl (C=O) groups excluding carboxylic acids is 1. The molecular weight excluding hydrogens is 418 g/mol. The lowest BCUT2D eigenvalue weighted by molar-refractivity contribution is 0.0137. The number of fused-ring (bicyclic) bond motifs is 2. The highest BCUT2D eigenvalue weighted by molar-refractivity contribution is 7.99. The Bertz CT molecular complexity index is 1170. The normalized spacial score (nSPS) is 12.9. The number of carbonyl (C=O) groups is 1. The SMILES string of the molecule is CC(F)(F)CCNC(=O)c1ccc2c(c1)N=C(c1cccc(O)c1)c1ccccc1S2. The van der Waals surface area contributed by atoms with Gasteiger partial charge in [0.1, 0.15) is 5.75 Å². The van der Waals surface area contributed by atoms with Crippen LogP contribution in [0.15, 0.2) is 81.5 Å². The summed E-state index contributed by atoms with van der Waals surface area (Å²) in [5, 5.41) is 12.5. The number of phenols is 1. The number of halogens is 2. The molecule has 3 aromatic rings. The Balaban J connectivity index is 1.72. The van der Waals surface area contributed by atoms with Crippen molar-refractivity contribution in [2.24, 2.45) is 4.99 Å². The molecule has 0 saturated carbocycles. The van der Waals surface area contributed by atoms with E-state index >= 15 is 0 Å². The molecular formula is C24H20F2N2O2S. The van der Waals surface area contributed by atoms with Gasteiger partial charge in [0.2, 0.25) is 5.92 Å². The molecule has 3 aromatic carbocycles. The van der Waals surface area contributed by atoms with E-state index in [-0.39, 0.29) is 12.3 Å². The largest absolute Gasteiger partial charge is 0.508 e. The number of amides is 1. The standard InChI is InChI=1S/C24H20F2N2O2S/c1-24(25,26)11-12-27-23(30)16-9-10-21-19(14-16)28-22(15-5-4-6-17(29)13-15)18-7-2-3-8-20(18)31-21/h2-10,13-14,29H,11-12H2,1H3,(H,27,30). The van der Waals surface area contributed by atoms with E-state index in [1.807, 2.05) is 36.4 Å². The summed E-state index contributed by atoms with van der Waals surface area (Å²) in [6, 6.07) is 19.8. The van der Waals surface area contributed by atoms with Crippen LogP contribution in [0.2, 0.25) is 0 Å². The molecule has 0 bridgehead atoms. The maximum atomic E-state index is 13.0. The fraction of sp³-hybridized carbons (Fsp3) is 0.167. The molecule has 0 atom stereocenters. The maximum Gasteiger partial charge on any atom is 0.251 e. The highest BCUT2D eigenvalue weighted by Gasteiger charge is 2.22. The molecule has 4 nitrogen and oxygen atoms in total. The van der Waals surface area contributed by atoms with E-state index in [1.54, 1.807) is 30.3 Å². The molecule has 0 spiro atoms. The quantitative estimate of drug-likeness (QED) is 0.414. The number of hydrogen-bond acceptors (Lipinski definition) is 4. The fourth-order valence-electron chi connectivity index (χ4n) is 3.25. The Morgan fingerprint density at radius 1 is 1.06 bits per heavy atom. The number of rotatable bonds is 5. The van der Waals surface area contributed by atoms with E-state index < -0.39 is 18.3 Å². The van der Waals surface area contributed by atoms with Gasteiger partial charge in [-0.25, -0.2) is 13.8 Å². The predicted octanol–water partition coefficient (Wildman–Crippen LogP) is 5.80. The summed E-state index contributed by atoms with van der Waals surface area (Å²) < 4.78 is 26.0. The van der Waals surface area contributed by atoms with Crippen LogP contribution in [0.3, 0.4) is 0 Å². The minimum Gasteiger partial charge on any atom is -0.508 e. The average Bonchev–Trinajstić information content (AvgIpc) is 2.89. The van der Waals surface area contributed by atoms with Crippen LogP contribution >= 0.6 is 11.8 Å². The predicted molar refractivity (Wildman–Crippen MR) is 118 cm³/mol. The summed E-state index contributed by atoms with van der Waals surface area (Å²) in [6.45, 7) is 0.714. The fourth-order valence-corrected chi connectivity index (χ4v) is 4.26. The average molecular weight is 438 g/mol. The number of aliphatic imine (C=N–C) groups is 1. The molecule has 1 amide bonds. The Labute approximate surface area is 183 Å². The smallest absolute Gasteiger partial charge is 0.251 e. The highest BCUT2D eigenvalue weighted by atomic mass is 32.2. The molecule has 31 heavy (non-hydrogen) atoms. The zero-order valence-electron chi connectivity index (χ0n) is 16.7. The van der Waals surface area contributed by atoms with Crippen molar-refractivity contribution in [1.29, 1.82) is 0 Å². The van der Waals surface area contributed by atoms with E-state index in [0.717, 1.165) is 27.8 Å². The van der Waals surface area contributed by atoms with E-state index in [2.05, 4.69) is 5.32 Å². The van der Waals surface area contributed by atoms with Gasteiger partial charge in [0, 0.05) is 39.4 Å². The van der Waals surface area contributed by atoms with Crippen LogP contribution in [0.5, 0.6) is 5.75 Å². The zero-order valence-corrected chi connectivity index (χ0v) is 17.5. The third-order valence-electron chi connectivity index (χ3n) is 4.78. The van der Waals surface area contributed by atoms with E-state index in [9.17, 15) is 18.7 Å². The van der Waals surface area contributed by atoms with E-state index in [0.29, 0.717) is 17.0 Å². The van der Waals surface area contributed by atoms with Crippen LogP contribution in [-0.4, -0.2) is 29.2 Å². The van der Waals surface area contributed by atoms with Crippen molar-refractivity contribution in [3.8, 4) is 5.75 Å². The first-order valence-electron chi connectivity index (χ1n) is 9.76. The molecule has 0 unspecified atom stereocenters. The molecule has 0 aromatic heterocycles. The Morgan fingerprint density at radius 3 is 2.65 bits per heavy atom. The van der Waals surface area contributed by atoms with Crippen LogP contribution in [0.1, 0.15) is 34.8 Å². The first-order valence-corrected chi connectivity index (χ1v) is 10.6. The van der Waals surface area contributed by atoms with Gasteiger partial charge in [-0.05, 0) is 43.3 Å². The summed E-state index contributed by atoms with van der Waals surface area (Å²) in [6.07, 6.45) is -0.422. The molecule has 1 aliphatic rings. The number of aromatic hydroxyl groups is 1. The monoisotopic (exact) mass is 438 g/mol. The van der Waals surface area contributed by atoms with Crippen molar-refractivity contribution < 1.29 is 18.7 Å². The first-order chi connectivity index (χ1) is 14.8. The molecule has 0 radical (unpaired) electrons. The highest BCUT2D eigenvalue weighted by Crippen LogP contribution is 2.41. The zero-order chi connectivity index (χ0) is 22.0. The van der Waals surface area contributed by atoms with Crippen molar-refractivity contribution in [2.75, 3.05) is 6.54 Å². The molecule has 158 valence electrons. The topological polar surface area (TPSA) is 61.7 Å². The second kappa shape index (κ2) is 8.51. The summed E-state index contributed by atoms with van der Waals surface area (Å²) in [7, 11) is 0. The second-order valence-electron chi connectivity index (χ2n) is 7.37. The van der Waals surface area contributed by atoms with Gasteiger partial charge in [-0.2, -0.15) is 0 Å². The lowest BCUT2D eigenvalue weighted by atomic mass is 10.0. The molecule has 1 aliphatic heterocycles. The van der Waals surface area contributed by atoms with Crippen molar-refractivity contribution >= 4 is 29.1 Å². The van der Waals surface area contributed by atoms with Crippen LogP contribution < -0.4 is 5.32 Å². The maximum absolute atomic E-state index is 13.0. The molecule has 0 saturated heterocycles. The Hall–Kier alpha value is -3.19. The van der Waals surface area contributed by atoms with Crippen LogP contribution in [0, 0.1) is 0 Å². The van der Waals surface area contributed by atoms with Crippen molar-refractivity contribution in [3.05, 3.63) is 83.4 Å². The van der Waals surface area contributed by atoms with Gasteiger partial charge >= 0.3 is 0 Å². The second-order valence-corrected chi connectivity index (χ2v) is 8.45. The van der Waals surface area contributed by atoms with Crippen molar-refractivity contribution in [3.63, 3.8) is 0 Å². The summed E-state index contributed by atoms with van der Waals surface area (Å²) in [5.74, 6) is -3.12. The molecule has 7 heteroatoms. The van der Waals surface area contributed by atoms with E-state index in [4.69, 9.17) is 4.99 Å². The minimum atomic E-state index is -2.83. The molecule has 0 fully saturated rings. The van der Waals surface area contributed by atoms with Crippen LogP contribution in [0.25, 0.3) is 0 Å². The van der Waals surface area contributed by atoms with Gasteiger partial charge in [0.05, 0.1) is 11.4 Å². The van der Waals surface area contributed by atoms with Gasteiger partial charge in [-0.15, -0.1) is 0 Å². The number of hydrogen-bond donors (Lipinski definition) is 2. The van der Waals surface area contributed by atoms with E-state index in [1.165, 1.54) is 11.8 Å². The number of benzene rings is 3. The number of phenolic OH excluding ortho intramolecular Hbond substituents is 1. The lowest BCUT2D eigenvalue weighted by Crippen LogP contribution is -2.28. The minimum absolute atomic E-state index is 0.114. The van der Waals surface area contributed by atoms with Gasteiger partial charge in [0.15, 0.2) is 0 Å². The third-order valence-corrected chi connectivity index (χ3v) is 5.93. The van der Waals surface area contributed by atoms with Crippen molar-refractivity contribution in [1.82, 2.24) is 5.32 Å². The van der Waals surface area contributed by atoms with Gasteiger partial charge in [-0.3, -0.25) is 4.79 Å². The number of nitrogens with zero attached hydrogens (tertiary/aromatic N) is 1. The number of alkyl halides is 2. The molecule has 4 rings (SSSR count). The lowest BCUT2D eigenvalue weighted by Gasteiger charge is -2.11. The summed E-state index contributed by atoms with van der Waals surface area (Å²) >= 11 is 1.54. The van der Waals surface area contributed by atoms with Gasteiger partial charge in [0.25, 0.3) is 5.91 Å². The summed E-state index contributed by atoms with van der Waals surface area (Å²) in [4.78, 5) is 19.2. The molecule has 0 aliphatic carbocycles. The third kappa shape index (κ3) is 4.94. The van der Waals surface area contributed by atoms with Crippen LogP contribution in [0.4, 0.5) is 14.5 Å². The molecule has 1 heterocycles. The van der Waals surface area contributed by atoms with Crippen molar-refractivity contribution in [2.45, 2.75) is 29.1 Å². The Morgan fingerprint density at radius 2 is 1.87 bits per heavy atom. The molecule has 2 N–H and O–H groups in total. The van der Waals surface area contributed by atoms with Gasteiger partial charge in [-0.1, -0.05) is 42.1 Å². The Kier molecular flexibility index (Phi) is 5.78. The number of nitrogens with one attached hydrogen (secondary N) is 1. The first kappa shape index (κ1) is 21.1.